The van der Waals surface area contributed by atoms with Crippen LogP contribution in [0.2, 0.25) is 0 Å². The molecule has 0 amide bonds. The van der Waals surface area contributed by atoms with Crippen LogP contribution in [0.25, 0.3) is 0 Å². The van der Waals surface area contributed by atoms with Gasteiger partial charge in [0.25, 0.3) is 0 Å². The lowest BCUT2D eigenvalue weighted by Crippen LogP contribution is -2.32. The van der Waals surface area contributed by atoms with E-state index in [1.807, 2.05) is 43.0 Å². The van der Waals surface area contributed by atoms with Gasteiger partial charge < -0.3 is 4.74 Å². The van der Waals surface area contributed by atoms with Crippen LogP contribution in [0.1, 0.15) is 30.4 Å². The summed E-state index contributed by atoms with van der Waals surface area (Å²) in [4.78, 5) is 10.9. The zero-order chi connectivity index (χ0) is 16.2. The van der Waals surface area contributed by atoms with Gasteiger partial charge in [0.15, 0.2) is 0 Å². The Morgan fingerprint density at radius 1 is 1.12 bits per heavy atom. The summed E-state index contributed by atoms with van der Waals surface area (Å²) < 4.78 is 6.14. The van der Waals surface area contributed by atoms with Gasteiger partial charge in [-0.25, -0.2) is 0 Å². The molecule has 2 aliphatic rings. The third-order valence-electron chi connectivity index (χ3n) is 5.65. The summed E-state index contributed by atoms with van der Waals surface area (Å²) in [5, 5.41) is 0. The first-order valence-corrected chi connectivity index (χ1v) is 8.92. The maximum atomic E-state index is 6.14. The van der Waals surface area contributed by atoms with Gasteiger partial charge in [-0.15, -0.1) is 0 Å². The van der Waals surface area contributed by atoms with Crippen molar-refractivity contribution in [2.24, 2.45) is 11.3 Å². The average Bonchev–Trinajstić information content (AvgIpc) is 3.13. The van der Waals surface area contributed by atoms with Crippen molar-refractivity contribution < 1.29 is 4.74 Å². The van der Waals surface area contributed by atoms with E-state index in [0.29, 0.717) is 12.0 Å². The van der Waals surface area contributed by atoms with Crippen molar-refractivity contribution in [1.29, 1.82) is 0 Å². The molecule has 0 spiro atoms. The smallest absolute Gasteiger partial charge is 0.0718 e. The maximum absolute atomic E-state index is 6.14. The lowest BCUT2D eigenvalue weighted by molar-refractivity contribution is 0.0266. The molecule has 1 aliphatic heterocycles. The van der Waals surface area contributed by atoms with E-state index in [-0.39, 0.29) is 0 Å². The van der Waals surface area contributed by atoms with Crippen LogP contribution < -0.4 is 0 Å². The Kier molecular flexibility index (Phi) is 4.58. The first-order chi connectivity index (χ1) is 11.8. The number of hydrogen-bond acceptors (Lipinski definition) is 4. The first-order valence-electron chi connectivity index (χ1n) is 8.92. The van der Waals surface area contributed by atoms with Gasteiger partial charge >= 0.3 is 0 Å². The molecular weight excluding hydrogens is 298 g/mol. The van der Waals surface area contributed by atoms with Gasteiger partial charge in [0.2, 0.25) is 0 Å². The van der Waals surface area contributed by atoms with Gasteiger partial charge in [0, 0.05) is 49.8 Å². The Hall–Kier alpha value is -1.78. The standard InChI is InChI=1S/C20H25N3O/c1-4-19-13-23(12-18-3-2-8-22-11-18)15-20(19,7-1)16-24-14-17-5-9-21-10-6-17/h2-3,5-6,8-11,19H,1,4,7,12-16H2/t19-,20+/m0/s1. The summed E-state index contributed by atoms with van der Waals surface area (Å²) in [5.74, 6) is 0.784. The van der Waals surface area contributed by atoms with Crippen LogP contribution >= 0.6 is 0 Å². The molecule has 2 aromatic rings. The van der Waals surface area contributed by atoms with Crippen LogP contribution in [0.5, 0.6) is 0 Å². The number of ether oxygens (including phenoxy) is 1. The number of fused-ring (bicyclic) bond motifs is 1. The number of hydrogen-bond donors (Lipinski definition) is 0. The fourth-order valence-corrected chi connectivity index (χ4v) is 4.48. The topological polar surface area (TPSA) is 38.2 Å². The average molecular weight is 323 g/mol. The van der Waals surface area contributed by atoms with Crippen molar-refractivity contribution in [2.45, 2.75) is 32.4 Å². The minimum absolute atomic E-state index is 0.356. The molecule has 2 atom stereocenters. The van der Waals surface area contributed by atoms with Gasteiger partial charge in [0.05, 0.1) is 13.2 Å². The highest BCUT2D eigenvalue weighted by atomic mass is 16.5. The minimum atomic E-state index is 0.356. The normalized spacial score (nSPS) is 26.6. The Morgan fingerprint density at radius 2 is 2.04 bits per heavy atom. The largest absolute Gasteiger partial charge is 0.376 e. The molecule has 4 rings (SSSR count). The molecule has 0 radical (unpaired) electrons. The molecule has 0 unspecified atom stereocenters. The van der Waals surface area contributed by atoms with Crippen LogP contribution in [-0.2, 0) is 17.9 Å². The van der Waals surface area contributed by atoms with Crippen LogP contribution in [-0.4, -0.2) is 34.6 Å². The van der Waals surface area contributed by atoms with Crippen molar-refractivity contribution in [3.63, 3.8) is 0 Å². The van der Waals surface area contributed by atoms with Crippen LogP contribution in [0, 0.1) is 11.3 Å². The predicted molar refractivity (Wildman–Crippen MR) is 93.2 cm³/mol. The van der Waals surface area contributed by atoms with Crippen LogP contribution in [0.15, 0.2) is 49.1 Å². The number of pyridine rings is 2. The highest BCUT2D eigenvalue weighted by Crippen LogP contribution is 2.49. The van der Waals surface area contributed by atoms with Gasteiger partial charge in [0.1, 0.15) is 0 Å². The van der Waals surface area contributed by atoms with E-state index >= 15 is 0 Å². The number of likely N-dealkylation sites (tertiary alicyclic amines) is 1. The summed E-state index contributed by atoms with van der Waals surface area (Å²) in [6.07, 6.45) is 11.5. The second-order valence-electron chi connectivity index (χ2n) is 7.33. The quantitative estimate of drug-likeness (QED) is 0.817. The molecule has 24 heavy (non-hydrogen) atoms. The van der Waals surface area contributed by atoms with Gasteiger partial charge in [-0.1, -0.05) is 12.5 Å². The molecule has 4 heteroatoms. The summed E-state index contributed by atoms with van der Waals surface area (Å²) in [5.41, 5.74) is 2.88. The Bertz CT molecular complexity index is 648. The monoisotopic (exact) mass is 323 g/mol. The van der Waals surface area contributed by atoms with E-state index in [9.17, 15) is 0 Å². The van der Waals surface area contributed by atoms with Crippen molar-refractivity contribution >= 4 is 0 Å². The van der Waals surface area contributed by atoms with Crippen molar-refractivity contribution in [1.82, 2.24) is 14.9 Å². The summed E-state index contributed by atoms with van der Waals surface area (Å²) in [7, 11) is 0. The Labute approximate surface area is 143 Å². The zero-order valence-electron chi connectivity index (χ0n) is 14.1. The van der Waals surface area contributed by atoms with Gasteiger partial charge in [-0.3, -0.25) is 14.9 Å². The predicted octanol–water partition coefficient (Wildman–Crippen LogP) is 3.30. The summed E-state index contributed by atoms with van der Waals surface area (Å²) in [6.45, 7) is 4.94. The lowest BCUT2D eigenvalue weighted by atomic mass is 9.81. The van der Waals surface area contributed by atoms with E-state index < -0.39 is 0 Å². The third-order valence-corrected chi connectivity index (χ3v) is 5.65. The Balaban J connectivity index is 1.36. The molecule has 126 valence electrons. The van der Waals surface area contributed by atoms with E-state index in [2.05, 4.69) is 20.9 Å². The second-order valence-corrected chi connectivity index (χ2v) is 7.33. The molecule has 0 bridgehead atoms. The molecule has 3 heterocycles. The van der Waals surface area contributed by atoms with E-state index in [1.54, 1.807) is 0 Å². The van der Waals surface area contributed by atoms with E-state index in [0.717, 1.165) is 25.6 Å². The van der Waals surface area contributed by atoms with Crippen LogP contribution in [0.4, 0.5) is 0 Å². The van der Waals surface area contributed by atoms with Crippen molar-refractivity contribution in [3.05, 3.63) is 60.2 Å². The molecule has 1 aliphatic carbocycles. The summed E-state index contributed by atoms with van der Waals surface area (Å²) >= 11 is 0. The molecule has 2 fully saturated rings. The van der Waals surface area contributed by atoms with E-state index in [4.69, 9.17) is 4.74 Å². The zero-order valence-corrected chi connectivity index (χ0v) is 14.1. The second kappa shape index (κ2) is 6.99. The number of aromatic nitrogens is 2. The highest BCUT2D eigenvalue weighted by Gasteiger charge is 2.49. The fraction of sp³-hybridized carbons (Fsp3) is 0.500. The molecule has 4 nitrogen and oxygen atoms in total. The fourth-order valence-electron chi connectivity index (χ4n) is 4.48. The third kappa shape index (κ3) is 3.35. The van der Waals surface area contributed by atoms with Crippen LogP contribution in [0.3, 0.4) is 0 Å². The maximum Gasteiger partial charge on any atom is 0.0718 e. The van der Waals surface area contributed by atoms with E-state index in [1.165, 1.54) is 36.9 Å². The molecular formula is C20H25N3O. The Morgan fingerprint density at radius 3 is 2.88 bits per heavy atom. The van der Waals surface area contributed by atoms with Crippen molar-refractivity contribution in [2.75, 3.05) is 19.7 Å². The van der Waals surface area contributed by atoms with Crippen molar-refractivity contribution in [3.8, 4) is 0 Å². The molecule has 0 aromatic carbocycles. The SMILES string of the molecule is c1cncc(CN2C[C@@H]3CCC[C@]3(COCc3ccncc3)C2)c1. The molecule has 0 N–H and O–H groups in total. The number of nitrogens with zero attached hydrogens (tertiary/aromatic N) is 3. The molecule has 2 aromatic heterocycles. The number of rotatable bonds is 6. The first kappa shape index (κ1) is 15.7. The minimum Gasteiger partial charge on any atom is -0.376 e. The highest BCUT2D eigenvalue weighted by molar-refractivity contribution is 5.11. The molecule has 1 saturated carbocycles. The van der Waals surface area contributed by atoms with Gasteiger partial charge in [-0.2, -0.15) is 0 Å². The molecule has 1 saturated heterocycles. The lowest BCUT2D eigenvalue weighted by Gasteiger charge is -2.29. The summed E-state index contributed by atoms with van der Waals surface area (Å²) in [6, 6.07) is 8.27. The van der Waals surface area contributed by atoms with Gasteiger partial charge in [-0.05, 0) is 48.1 Å².